The fourth-order valence-corrected chi connectivity index (χ4v) is 3.72. The first-order valence-corrected chi connectivity index (χ1v) is 9.81. The highest BCUT2D eigenvalue weighted by Gasteiger charge is 2.47. The highest BCUT2D eigenvalue weighted by Crippen LogP contribution is 2.32. The second-order valence-corrected chi connectivity index (χ2v) is 7.42. The number of hydrazine groups is 1. The van der Waals surface area contributed by atoms with Crippen molar-refractivity contribution in [3.63, 3.8) is 0 Å². The zero-order valence-corrected chi connectivity index (χ0v) is 16.7. The molecule has 2 aliphatic heterocycles. The van der Waals surface area contributed by atoms with Crippen molar-refractivity contribution in [3.05, 3.63) is 29.8 Å². The normalized spacial score (nSPS) is 25.1. The Morgan fingerprint density at radius 2 is 2.00 bits per heavy atom. The summed E-state index contributed by atoms with van der Waals surface area (Å²) in [4.78, 5) is 39.1. The minimum Gasteiger partial charge on any atom is -0.494 e. The monoisotopic (exact) mass is 388 g/mol. The number of rotatable bonds is 7. The summed E-state index contributed by atoms with van der Waals surface area (Å²) >= 11 is 0. The molecule has 1 aromatic rings. The van der Waals surface area contributed by atoms with Crippen LogP contribution in [0.3, 0.4) is 0 Å². The van der Waals surface area contributed by atoms with Crippen LogP contribution in [-0.2, 0) is 9.59 Å². The van der Waals surface area contributed by atoms with Crippen LogP contribution in [-0.4, -0.2) is 53.0 Å². The highest BCUT2D eigenvalue weighted by atomic mass is 16.5. The lowest BCUT2D eigenvalue weighted by Gasteiger charge is -2.25. The molecule has 4 amide bonds. The molecule has 2 aliphatic rings. The van der Waals surface area contributed by atoms with Gasteiger partial charge in [-0.25, -0.2) is 4.79 Å². The van der Waals surface area contributed by atoms with E-state index in [4.69, 9.17) is 4.74 Å². The van der Waals surface area contributed by atoms with Gasteiger partial charge in [0.1, 0.15) is 11.3 Å². The van der Waals surface area contributed by atoms with E-state index in [0.717, 1.165) is 35.7 Å². The summed E-state index contributed by atoms with van der Waals surface area (Å²) in [5, 5.41) is 3.43. The van der Waals surface area contributed by atoms with E-state index in [-0.39, 0.29) is 18.5 Å². The van der Waals surface area contributed by atoms with Crippen molar-refractivity contribution in [2.45, 2.75) is 51.6 Å². The minimum absolute atomic E-state index is 0.123. The lowest BCUT2D eigenvalue weighted by atomic mass is 10.00. The third kappa shape index (κ3) is 3.96. The Bertz CT molecular complexity index is 751. The number of hydrogen-bond acceptors (Lipinski definition) is 5. The molecule has 0 bridgehead atoms. The standard InChI is InChI=1S/C20H28N4O4/c1-4-20(3)18(26)24(19(27)21-20)22-17(25)13-23-12-6-7-16(23)14-8-10-15(11-9-14)28-5-2/h8-11,16H,4-7,12-13H2,1-3H3,(H,21,27)(H,22,25). The van der Waals surface area contributed by atoms with E-state index in [2.05, 4.69) is 15.6 Å². The maximum Gasteiger partial charge on any atom is 0.344 e. The highest BCUT2D eigenvalue weighted by molar-refractivity contribution is 6.07. The van der Waals surface area contributed by atoms with E-state index in [0.29, 0.717) is 13.0 Å². The van der Waals surface area contributed by atoms with Gasteiger partial charge in [0.25, 0.3) is 11.8 Å². The zero-order chi connectivity index (χ0) is 20.3. The number of likely N-dealkylation sites (tertiary alicyclic amines) is 1. The molecular formula is C20H28N4O4. The van der Waals surface area contributed by atoms with Crippen LogP contribution in [0.2, 0.25) is 0 Å². The summed E-state index contributed by atoms with van der Waals surface area (Å²) in [5.74, 6) is 0.0191. The van der Waals surface area contributed by atoms with Crippen LogP contribution in [0.15, 0.2) is 24.3 Å². The number of imide groups is 1. The molecule has 2 saturated heterocycles. The van der Waals surface area contributed by atoms with Crippen molar-refractivity contribution < 1.29 is 19.1 Å². The van der Waals surface area contributed by atoms with E-state index < -0.39 is 17.5 Å². The van der Waals surface area contributed by atoms with Crippen LogP contribution in [0.1, 0.15) is 51.6 Å². The second-order valence-electron chi connectivity index (χ2n) is 7.42. The zero-order valence-electron chi connectivity index (χ0n) is 16.7. The number of urea groups is 1. The average Bonchev–Trinajstić information content (AvgIpc) is 3.21. The number of hydrogen-bond donors (Lipinski definition) is 2. The molecule has 3 rings (SSSR count). The van der Waals surface area contributed by atoms with Gasteiger partial charge < -0.3 is 10.1 Å². The molecule has 0 aromatic heterocycles. The van der Waals surface area contributed by atoms with Crippen LogP contribution >= 0.6 is 0 Å². The largest absolute Gasteiger partial charge is 0.494 e. The lowest BCUT2D eigenvalue weighted by Crippen LogP contribution is -2.51. The minimum atomic E-state index is -0.969. The second kappa shape index (κ2) is 8.18. The average molecular weight is 388 g/mol. The van der Waals surface area contributed by atoms with E-state index in [9.17, 15) is 14.4 Å². The number of amides is 4. The Balaban J connectivity index is 1.62. The molecule has 2 fully saturated rings. The van der Waals surface area contributed by atoms with Gasteiger partial charge in [0.15, 0.2) is 0 Å². The van der Waals surface area contributed by atoms with E-state index >= 15 is 0 Å². The first-order chi connectivity index (χ1) is 13.4. The predicted molar refractivity (Wildman–Crippen MR) is 103 cm³/mol. The fourth-order valence-electron chi connectivity index (χ4n) is 3.72. The van der Waals surface area contributed by atoms with Crippen LogP contribution in [0.25, 0.3) is 0 Å². The molecule has 28 heavy (non-hydrogen) atoms. The molecule has 8 heteroatoms. The molecule has 2 unspecified atom stereocenters. The van der Waals surface area contributed by atoms with Crippen molar-refractivity contribution in [2.75, 3.05) is 19.7 Å². The van der Waals surface area contributed by atoms with Crippen molar-refractivity contribution in [1.29, 1.82) is 0 Å². The molecule has 1 aromatic carbocycles. The van der Waals surface area contributed by atoms with Gasteiger partial charge in [0, 0.05) is 6.04 Å². The van der Waals surface area contributed by atoms with Crippen LogP contribution < -0.4 is 15.5 Å². The Labute approximate surface area is 165 Å². The molecule has 0 aliphatic carbocycles. The van der Waals surface area contributed by atoms with Gasteiger partial charge in [-0.3, -0.25) is 19.9 Å². The van der Waals surface area contributed by atoms with Crippen LogP contribution in [0.4, 0.5) is 4.79 Å². The molecule has 152 valence electrons. The van der Waals surface area contributed by atoms with Gasteiger partial charge in [0.2, 0.25) is 0 Å². The third-order valence-electron chi connectivity index (χ3n) is 5.49. The molecule has 2 atom stereocenters. The van der Waals surface area contributed by atoms with Gasteiger partial charge in [0.05, 0.1) is 13.2 Å². The van der Waals surface area contributed by atoms with Crippen molar-refractivity contribution >= 4 is 17.8 Å². The Hall–Kier alpha value is -2.61. The first-order valence-electron chi connectivity index (χ1n) is 9.81. The SMILES string of the molecule is CCOc1ccc(C2CCCN2CC(=O)NN2C(=O)NC(C)(CC)C2=O)cc1. The van der Waals surface area contributed by atoms with Crippen molar-refractivity contribution in [3.8, 4) is 5.75 Å². The first kappa shape index (κ1) is 20.1. The quantitative estimate of drug-likeness (QED) is 0.697. The number of nitrogens with zero attached hydrogens (tertiary/aromatic N) is 2. The Kier molecular flexibility index (Phi) is 5.88. The number of ether oxygens (including phenoxy) is 1. The number of nitrogens with one attached hydrogen (secondary N) is 2. The van der Waals surface area contributed by atoms with Crippen molar-refractivity contribution in [1.82, 2.24) is 20.7 Å². The maximum absolute atomic E-state index is 12.5. The molecule has 0 saturated carbocycles. The predicted octanol–water partition coefficient (Wildman–Crippen LogP) is 1.97. The van der Waals surface area contributed by atoms with Gasteiger partial charge in [-0.15, -0.1) is 0 Å². The Morgan fingerprint density at radius 1 is 1.29 bits per heavy atom. The topological polar surface area (TPSA) is 91.0 Å². The summed E-state index contributed by atoms with van der Waals surface area (Å²) in [6.07, 6.45) is 2.40. The maximum atomic E-state index is 12.5. The molecule has 2 heterocycles. The van der Waals surface area contributed by atoms with E-state index in [1.54, 1.807) is 6.92 Å². The van der Waals surface area contributed by atoms with Crippen molar-refractivity contribution in [2.24, 2.45) is 0 Å². The molecule has 0 spiro atoms. The summed E-state index contributed by atoms with van der Waals surface area (Å²) < 4.78 is 5.48. The number of carbonyl (C=O) groups is 3. The van der Waals surface area contributed by atoms with Crippen LogP contribution in [0.5, 0.6) is 5.75 Å². The molecule has 2 N–H and O–H groups in total. The molecular weight excluding hydrogens is 360 g/mol. The van der Waals surface area contributed by atoms with Gasteiger partial charge >= 0.3 is 6.03 Å². The summed E-state index contributed by atoms with van der Waals surface area (Å²) in [5.41, 5.74) is 2.62. The molecule has 8 nitrogen and oxygen atoms in total. The fraction of sp³-hybridized carbons (Fsp3) is 0.550. The van der Waals surface area contributed by atoms with E-state index in [1.807, 2.05) is 38.1 Å². The molecule has 0 radical (unpaired) electrons. The number of carbonyl (C=O) groups excluding carboxylic acids is 3. The smallest absolute Gasteiger partial charge is 0.344 e. The third-order valence-corrected chi connectivity index (χ3v) is 5.49. The van der Waals surface area contributed by atoms with Gasteiger partial charge in [-0.05, 0) is 57.4 Å². The van der Waals surface area contributed by atoms with Gasteiger partial charge in [-0.1, -0.05) is 19.1 Å². The van der Waals surface area contributed by atoms with Gasteiger partial charge in [-0.2, -0.15) is 5.01 Å². The summed E-state index contributed by atoms with van der Waals surface area (Å²) in [6, 6.07) is 7.46. The van der Waals surface area contributed by atoms with Crippen LogP contribution in [0, 0.1) is 0 Å². The summed E-state index contributed by atoms with van der Waals surface area (Å²) in [7, 11) is 0. The van der Waals surface area contributed by atoms with E-state index in [1.165, 1.54) is 0 Å². The Morgan fingerprint density at radius 3 is 2.61 bits per heavy atom. The lowest BCUT2D eigenvalue weighted by molar-refractivity contribution is -0.139. The number of benzene rings is 1. The summed E-state index contributed by atoms with van der Waals surface area (Å²) in [6.45, 7) is 6.95.